The molecule has 2 saturated heterocycles. The molecule has 6 atom stereocenters. The lowest BCUT2D eigenvalue weighted by atomic mass is 9.75. The zero-order valence-electron chi connectivity index (χ0n) is 20.0. The predicted octanol–water partition coefficient (Wildman–Crippen LogP) is 3.16. The normalized spacial score (nSPS) is 36.7. The number of halogens is 3. The van der Waals surface area contributed by atoms with E-state index >= 15 is 0 Å². The van der Waals surface area contributed by atoms with Crippen LogP contribution in [0.15, 0.2) is 18.2 Å². The van der Waals surface area contributed by atoms with Crippen molar-refractivity contribution in [1.29, 1.82) is 5.26 Å². The number of alkyl halides is 3. The number of rotatable bonds is 3. The van der Waals surface area contributed by atoms with Gasteiger partial charge in [-0.25, -0.2) is 10.4 Å². The summed E-state index contributed by atoms with van der Waals surface area (Å²) >= 11 is 0. The lowest BCUT2D eigenvalue weighted by Crippen LogP contribution is -2.54. The molecule has 35 heavy (non-hydrogen) atoms. The molecule has 1 saturated carbocycles. The summed E-state index contributed by atoms with van der Waals surface area (Å²) in [6, 6.07) is 6.92. The Bertz CT molecular complexity index is 1050. The molecule has 7 nitrogen and oxygen atoms in total. The SMILES string of the molecule is CC1(C)Cc2cc(NC3NN([C@H]4CCCC[C@@H]4C#N)C4CCNC(=O)C34)ccc2C1(O)C(F)(F)F. The second-order valence-corrected chi connectivity index (χ2v) is 11.1. The Morgan fingerprint density at radius 1 is 1.20 bits per heavy atom. The van der Waals surface area contributed by atoms with E-state index in [4.69, 9.17) is 0 Å². The Labute approximate surface area is 203 Å². The van der Waals surface area contributed by atoms with Crippen LogP contribution in [0.1, 0.15) is 57.1 Å². The van der Waals surface area contributed by atoms with Crippen LogP contribution >= 0.6 is 0 Å². The molecule has 0 spiro atoms. The molecule has 1 aromatic rings. The smallest absolute Gasteiger partial charge is 0.376 e. The van der Waals surface area contributed by atoms with Crippen molar-refractivity contribution in [3.63, 3.8) is 0 Å². The van der Waals surface area contributed by atoms with Crippen molar-refractivity contribution in [3.8, 4) is 6.07 Å². The van der Waals surface area contributed by atoms with Crippen LogP contribution in [0, 0.1) is 28.6 Å². The van der Waals surface area contributed by atoms with Crippen molar-refractivity contribution in [2.75, 3.05) is 11.9 Å². The van der Waals surface area contributed by atoms with Crippen molar-refractivity contribution in [1.82, 2.24) is 15.8 Å². The maximum absolute atomic E-state index is 13.9. The van der Waals surface area contributed by atoms with Gasteiger partial charge in [-0.3, -0.25) is 4.79 Å². The summed E-state index contributed by atoms with van der Waals surface area (Å²) in [4.78, 5) is 12.9. The van der Waals surface area contributed by atoms with Gasteiger partial charge >= 0.3 is 6.18 Å². The molecule has 10 heteroatoms. The minimum Gasteiger partial charge on any atom is -0.376 e. The van der Waals surface area contributed by atoms with E-state index in [9.17, 15) is 28.3 Å². The molecule has 5 rings (SSSR count). The summed E-state index contributed by atoms with van der Waals surface area (Å²) in [5.74, 6) is -0.587. The highest BCUT2D eigenvalue weighted by Gasteiger charge is 2.67. The number of aliphatic hydroxyl groups is 1. The van der Waals surface area contributed by atoms with Gasteiger partial charge in [0, 0.05) is 29.7 Å². The summed E-state index contributed by atoms with van der Waals surface area (Å²) in [6.07, 6.45) is -0.648. The van der Waals surface area contributed by atoms with Crippen LogP contribution in [0.4, 0.5) is 18.9 Å². The third-order valence-electron chi connectivity index (χ3n) is 8.55. The number of nitrogens with one attached hydrogen (secondary N) is 3. The largest absolute Gasteiger partial charge is 0.421 e. The van der Waals surface area contributed by atoms with Crippen LogP contribution in [0.2, 0.25) is 0 Å². The van der Waals surface area contributed by atoms with Crippen LogP contribution in [-0.4, -0.2) is 47.0 Å². The Balaban J connectivity index is 1.42. The summed E-state index contributed by atoms with van der Waals surface area (Å²) in [6.45, 7) is 3.42. The molecule has 1 aromatic carbocycles. The third kappa shape index (κ3) is 3.71. The first-order chi connectivity index (χ1) is 16.5. The topological polar surface area (TPSA) is 100 Å². The number of hydrogen-bond donors (Lipinski definition) is 4. The van der Waals surface area contributed by atoms with Gasteiger partial charge in [0.05, 0.1) is 17.9 Å². The zero-order chi connectivity index (χ0) is 25.2. The number of carbonyl (C=O) groups is 1. The van der Waals surface area contributed by atoms with Gasteiger partial charge in [0.15, 0.2) is 5.60 Å². The number of carbonyl (C=O) groups excluding carboxylic acids is 1. The van der Waals surface area contributed by atoms with Crippen LogP contribution in [0.3, 0.4) is 0 Å². The molecule has 4 aliphatic rings. The van der Waals surface area contributed by atoms with Gasteiger partial charge in [-0.15, -0.1) is 0 Å². The van der Waals surface area contributed by atoms with Crippen LogP contribution in [0.5, 0.6) is 0 Å². The second kappa shape index (κ2) is 8.36. The van der Waals surface area contributed by atoms with Gasteiger partial charge in [-0.2, -0.15) is 18.4 Å². The molecule has 2 aliphatic heterocycles. The Morgan fingerprint density at radius 3 is 2.66 bits per heavy atom. The van der Waals surface area contributed by atoms with Gasteiger partial charge in [0.2, 0.25) is 5.91 Å². The molecule has 3 fully saturated rings. The van der Waals surface area contributed by atoms with Gasteiger partial charge in [0.25, 0.3) is 0 Å². The van der Waals surface area contributed by atoms with E-state index in [1.807, 2.05) is 0 Å². The number of nitriles is 1. The molecule has 0 radical (unpaired) electrons. The van der Waals surface area contributed by atoms with Crippen molar-refractivity contribution in [3.05, 3.63) is 29.3 Å². The molecule has 2 aliphatic carbocycles. The fourth-order valence-electron chi connectivity index (χ4n) is 6.76. The van der Waals surface area contributed by atoms with E-state index in [0.717, 1.165) is 32.1 Å². The number of piperidine rings is 1. The molecule has 1 amide bonds. The van der Waals surface area contributed by atoms with Crippen molar-refractivity contribution >= 4 is 11.6 Å². The van der Waals surface area contributed by atoms with E-state index in [2.05, 4.69) is 27.1 Å². The number of fused-ring (bicyclic) bond motifs is 2. The predicted molar refractivity (Wildman–Crippen MR) is 123 cm³/mol. The average Bonchev–Trinajstić information content (AvgIpc) is 3.26. The van der Waals surface area contributed by atoms with Crippen molar-refractivity contribution in [2.24, 2.45) is 17.3 Å². The van der Waals surface area contributed by atoms with E-state index in [1.165, 1.54) is 26.0 Å². The van der Waals surface area contributed by atoms with Crippen LogP contribution in [0.25, 0.3) is 0 Å². The molecular weight excluding hydrogens is 459 g/mol. The number of anilines is 1. The average molecular weight is 492 g/mol. The quantitative estimate of drug-likeness (QED) is 0.518. The molecule has 2 heterocycles. The highest BCUT2D eigenvalue weighted by molar-refractivity contribution is 5.82. The highest BCUT2D eigenvalue weighted by Crippen LogP contribution is 2.58. The highest BCUT2D eigenvalue weighted by atomic mass is 19.4. The maximum Gasteiger partial charge on any atom is 0.421 e. The summed E-state index contributed by atoms with van der Waals surface area (Å²) in [7, 11) is 0. The maximum atomic E-state index is 13.9. The van der Waals surface area contributed by atoms with Gasteiger partial charge < -0.3 is 15.7 Å². The van der Waals surface area contributed by atoms with Crippen molar-refractivity contribution in [2.45, 2.75) is 82.4 Å². The van der Waals surface area contributed by atoms with Gasteiger partial charge in [-0.05, 0) is 48.9 Å². The number of hydrogen-bond acceptors (Lipinski definition) is 6. The monoisotopic (exact) mass is 491 g/mol. The number of amides is 1. The molecule has 0 aromatic heterocycles. The summed E-state index contributed by atoms with van der Waals surface area (Å²) < 4.78 is 41.7. The van der Waals surface area contributed by atoms with Crippen LogP contribution in [-0.2, 0) is 16.8 Å². The first-order valence-corrected chi connectivity index (χ1v) is 12.4. The molecule has 190 valence electrons. The lowest BCUT2D eigenvalue weighted by Gasteiger charge is -2.39. The molecule has 4 N–H and O–H groups in total. The fourth-order valence-corrected chi connectivity index (χ4v) is 6.76. The van der Waals surface area contributed by atoms with Gasteiger partial charge in [0.1, 0.15) is 6.17 Å². The number of benzene rings is 1. The first kappa shape index (κ1) is 24.3. The van der Waals surface area contributed by atoms with E-state index in [0.29, 0.717) is 17.8 Å². The fraction of sp³-hybridized carbons (Fsp3) is 0.680. The van der Waals surface area contributed by atoms with E-state index in [1.54, 1.807) is 6.07 Å². The minimum absolute atomic E-state index is 0.0153. The summed E-state index contributed by atoms with van der Waals surface area (Å²) in [5.41, 5.74) is 0.0362. The standard InChI is InChI=1S/C25H32F3N5O2/c1-23(2)12-15-11-16(7-8-17(15)24(23,35)25(26,27)28)31-21-20-19(9-10-30-22(20)34)33(32-21)18-6-4-3-5-14(18)13-29/h7-8,11,14,18-21,31-32,35H,3-6,9-10,12H2,1-2H3,(H,30,34)/t14-,18+,19?,20?,21?,24?/m1/s1. The Morgan fingerprint density at radius 2 is 1.94 bits per heavy atom. The Kier molecular flexibility index (Phi) is 5.81. The Hall–Kier alpha value is -2.35. The first-order valence-electron chi connectivity index (χ1n) is 12.4. The zero-order valence-corrected chi connectivity index (χ0v) is 20.0. The van der Waals surface area contributed by atoms with E-state index in [-0.39, 0.29) is 35.9 Å². The van der Waals surface area contributed by atoms with Gasteiger partial charge in [-0.1, -0.05) is 32.8 Å². The van der Waals surface area contributed by atoms with E-state index < -0.39 is 29.3 Å². The summed E-state index contributed by atoms with van der Waals surface area (Å²) in [5, 5.41) is 28.8. The third-order valence-corrected chi connectivity index (χ3v) is 8.55. The minimum atomic E-state index is -4.80. The number of hydrazine groups is 1. The number of nitrogens with zero attached hydrogens (tertiary/aromatic N) is 2. The lowest BCUT2D eigenvalue weighted by molar-refractivity contribution is -0.299. The second-order valence-electron chi connectivity index (χ2n) is 11.1. The molecular formula is C25H32F3N5O2. The molecule has 0 bridgehead atoms. The van der Waals surface area contributed by atoms with Crippen molar-refractivity contribution < 1.29 is 23.1 Å². The van der Waals surface area contributed by atoms with Crippen LogP contribution < -0.4 is 16.1 Å². The molecule has 4 unspecified atom stereocenters.